The summed E-state index contributed by atoms with van der Waals surface area (Å²) in [5, 5.41) is 1.06. The number of imidazole rings is 1. The molecule has 3 nitrogen and oxygen atoms in total. The Kier molecular flexibility index (Phi) is 6.33. The molecule has 0 aliphatic carbocycles. The molecule has 1 heterocycles. The molecule has 1 N–H and O–H groups in total. The molecule has 21 heavy (non-hydrogen) atoms. The molecule has 0 saturated carbocycles. The molecule has 0 atom stereocenters. The molecule has 0 spiro atoms. The van der Waals surface area contributed by atoms with E-state index in [4.69, 9.17) is 9.72 Å². The molecule has 0 amide bonds. The van der Waals surface area contributed by atoms with Gasteiger partial charge in [0.15, 0.2) is 0 Å². The minimum Gasteiger partial charge on any atom is -0.374 e. The van der Waals surface area contributed by atoms with Gasteiger partial charge in [-0.05, 0) is 24.5 Å². The number of benzene rings is 1. The fraction of sp³-hybridized carbons (Fsp3) is 0.471. The van der Waals surface area contributed by atoms with Gasteiger partial charge < -0.3 is 9.72 Å². The van der Waals surface area contributed by atoms with Gasteiger partial charge in [0.25, 0.3) is 0 Å². The lowest BCUT2D eigenvalue weighted by atomic mass is 10.2. The number of nitrogens with zero attached hydrogens (tertiary/aromatic N) is 1. The molecule has 2 aromatic rings. The Labute approximate surface area is 131 Å². The van der Waals surface area contributed by atoms with E-state index in [0.717, 1.165) is 30.3 Å². The van der Waals surface area contributed by atoms with Gasteiger partial charge in [0.1, 0.15) is 17.5 Å². The number of rotatable bonds is 8. The van der Waals surface area contributed by atoms with Gasteiger partial charge in [-0.2, -0.15) is 0 Å². The monoisotopic (exact) mass is 304 g/mol. The molecular formula is C17H24N2OS. The fourth-order valence-corrected chi connectivity index (χ4v) is 3.04. The SMILES string of the molecule is CCCCOCc1nc(Sc2ccccc2)c(C(C)C)[nH]1. The summed E-state index contributed by atoms with van der Waals surface area (Å²) in [6.45, 7) is 7.90. The van der Waals surface area contributed by atoms with Crippen molar-refractivity contribution in [2.24, 2.45) is 0 Å². The molecule has 0 unspecified atom stereocenters. The quantitative estimate of drug-likeness (QED) is 0.697. The zero-order chi connectivity index (χ0) is 15.1. The van der Waals surface area contributed by atoms with Crippen molar-refractivity contribution in [2.75, 3.05) is 6.61 Å². The molecule has 0 aliphatic heterocycles. The van der Waals surface area contributed by atoms with E-state index in [-0.39, 0.29) is 0 Å². The third kappa shape index (κ3) is 4.90. The second-order valence-corrected chi connectivity index (χ2v) is 6.44. The zero-order valence-electron chi connectivity index (χ0n) is 13.1. The second kappa shape index (κ2) is 8.25. The maximum Gasteiger partial charge on any atom is 0.133 e. The highest BCUT2D eigenvalue weighted by Gasteiger charge is 2.14. The number of aromatic nitrogens is 2. The van der Waals surface area contributed by atoms with Crippen LogP contribution in [0.3, 0.4) is 0 Å². The summed E-state index contributed by atoms with van der Waals surface area (Å²) in [6, 6.07) is 10.4. The van der Waals surface area contributed by atoms with Crippen LogP contribution in [0.15, 0.2) is 40.3 Å². The van der Waals surface area contributed by atoms with Crippen molar-refractivity contribution in [3.63, 3.8) is 0 Å². The third-order valence-electron chi connectivity index (χ3n) is 3.16. The number of unbranched alkanes of at least 4 members (excludes halogenated alkanes) is 1. The fourth-order valence-electron chi connectivity index (χ4n) is 1.97. The van der Waals surface area contributed by atoms with Crippen molar-refractivity contribution in [3.05, 3.63) is 41.9 Å². The van der Waals surface area contributed by atoms with Crippen LogP contribution in [0.2, 0.25) is 0 Å². The van der Waals surface area contributed by atoms with Crippen LogP contribution in [0, 0.1) is 0 Å². The van der Waals surface area contributed by atoms with Crippen LogP contribution in [-0.2, 0) is 11.3 Å². The highest BCUT2D eigenvalue weighted by Crippen LogP contribution is 2.32. The molecule has 0 saturated heterocycles. The Morgan fingerprint density at radius 3 is 2.67 bits per heavy atom. The van der Waals surface area contributed by atoms with Gasteiger partial charge in [-0.15, -0.1) is 0 Å². The van der Waals surface area contributed by atoms with Crippen molar-refractivity contribution in [1.29, 1.82) is 0 Å². The zero-order valence-corrected chi connectivity index (χ0v) is 13.9. The maximum absolute atomic E-state index is 5.66. The van der Waals surface area contributed by atoms with E-state index in [9.17, 15) is 0 Å². The lowest BCUT2D eigenvalue weighted by Gasteiger charge is -2.05. The van der Waals surface area contributed by atoms with E-state index < -0.39 is 0 Å². The van der Waals surface area contributed by atoms with Crippen LogP contribution in [0.1, 0.15) is 51.0 Å². The van der Waals surface area contributed by atoms with Crippen molar-refractivity contribution in [1.82, 2.24) is 9.97 Å². The van der Waals surface area contributed by atoms with E-state index in [1.54, 1.807) is 11.8 Å². The van der Waals surface area contributed by atoms with E-state index >= 15 is 0 Å². The highest BCUT2D eigenvalue weighted by molar-refractivity contribution is 7.99. The number of hydrogen-bond acceptors (Lipinski definition) is 3. The molecule has 1 aromatic carbocycles. The van der Waals surface area contributed by atoms with E-state index in [0.29, 0.717) is 12.5 Å². The second-order valence-electron chi connectivity index (χ2n) is 5.38. The molecule has 114 valence electrons. The van der Waals surface area contributed by atoms with Gasteiger partial charge >= 0.3 is 0 Å². The smallest absolute Gasteiger partial charge is 0.133 e. The normalized spacial score (nSPS) is 11.2. The summed E-state index contributed by atoms with van der Waals surface area (Å²) in [5.41, 5.74) is 1.19. The number of nitrogens with one attached hydrogen (secondary N) is 1. The van der Waals surface area contributed by atoms with Crippen LogP contribution < -0.4 is 0 Å². The first-order valence-corrected chi connectivity index (χ1v) is 8.41. The van der Waals surface area contributed by atoms with E-state index in [1.165, 1.54) is 10.6 Å². The topological polar surface area (TPSA) is 37.9 Å². The first-order chi connectivity index (χ1) is 10.2. The Morgan fingerprint density at radius 1 is 1.24 bits per heavy atom. The minimum atomic E-state index is 0.424. The Hall–Kier alpha value is -1.26. The highest BCUT2D eigenvalue weighted by atomic mass is 32.2. The van der Waals surface area contributed by atoms with Crippen molar-refractivity contribution in [3.8, 4) is 0 Å². The molecule has 0 fully saturated rings. The standard InChI is InChI=1S/C17H24N2OS/c1-4-5-11-20-12-15-18-16(13(2)3)17(19-15)21-14-9-7-6-8-10-14/h6-10,13H,4-5,11-12H2,1-3H3,(H,18,19). The average molecular weight is 304 g/mol. The van der Waals surface area contributed by atoms with Crippen LogP contribution in [0.4, 0.5) is 0 Å². The van der Waals surface area contributed by atoms with Gasteiger partial charge in [-0.25, -0.2) is 4.98 Å². The average Bonchev–Trinajstić information content (AvgIpc) is 2.88. The summed E-state index contributed by atoms with van der Waals surface area (Å²) in [6.07, 6.45) is 2.26. The van der Waals surface area contributed by atoms with Crippen molar-refractivity contribution in [2.45, 2.75) is 56.1 Å². The van der Waals surface area contributed by atoms with E-state index in [2.05, 4.69) is 50.0 Å². The molecule has 2 rings (SSSR count). The summed E-state index contributed by atoms with van der Waals surface area (Å²) in [7, 11) is 0. The predicted molar refractivity (Wildman–Crippen MR) is 87.8 cm³/mol. The maximum atomic E-state index is 5.66. The van der Waals surface area contributed by atoms with Crippen LogP contribution in [0.5, 0.6) is 0 Å². The Balaban J connectivity index is 2.06. The molecule has 0 aliphatic rings. The summed E-state index contributed by atoms with van der Waals surface area (Å²) in [5.74, 6) is 1.35. The third-order valence-corrected chi connectivity index (χ3v) is 4.17. The minimum absolute atomic E-state index is 0.424. The van der Waals surface area contributed by atoms with Crippen LogP contribution >= 0.6 is 11.8 Å². The molecule has 0 bridgehead atoms. The Bertz CT molecular complexity index is 537. The van der Waals surface area contributed by atoms with Gasteiger partial charge in [0.2, 0.25) is 0 Å². The largest absolute Gasteiger partial charge is 0.374 e. The molecule has 4 heteroatoms. The van der Waals surface area contributed by atoms with Crippen molar-refractivity contribution < 1.29 is 4.74 Å². The van der Waals surface area contributed by atoms with Crippen LogP contribution in [0.25, 0.3) is 0 Å². The molecular weight excluding hydrogens is 280 g/mol. The first kappa shape index (κ1) is 16.1. The molecule has 1 aromatic heterocycles. The number of H-pyrrole nitrogens is 1. The summed E-state index contributed by atoms with van der Waals surface area (Å²) in [4.78, 5) is 9.34. The van der Waals surface area contributed by atoms with Gasteiger partial charge in [0, 0.05) is 11.5 Å². The predicted octanol–water partition coefficient (Wildman–Crippen LogP) is 5.00. The van der Waals surface area contributed by atoms with Crippen LogP contribution in [-0.4, -0.2) is 16.6 Å². The van der Waals surface area contributed by atoms with Gasteiger partial charge in [-0.1, -0.05) is 57.2 Å². The number of hydrogen-bond donors (Lipinski definition) is 1. The summed E-state index contributed by atoms with van der Waals surface area (Å²) >= 11 is 1.71. The summed E-state index contributed by atoms with van der Waals surface area (Å²) < 4.78 is 5.66. The van der Waals surface area contributed by atoms with E-state index in [1.807, 2.05) is 6.07 Å². The lowest BCUT2D eigenvalue weighted by Crippen LogP contribution is -1.97. The number of ether oxygens (including phenoxy) is 1. The van der Waals surface area contributed by atoms with Gasteiger partial charge in [-0.3, -0.25) is 0 Å². The van der Waals surface area contributed by atoms with Crippen molar-refractivity contribution >= 4 is 11.8 Å². The van der Waals surface area contributed by atoms with Gasteiger partial charge in [0.05, 0.1) is 5.69 Å². The lowest BCUT2D eigenvalue weighted by molar-refractivity contribution is 0.113. The number of aromatic amines is 1. The Morgan fingerprint density at radius 2 is 2.00 bits per heavy atom. The molecule has 0 radical (unpaired) electrons. The first-order valence-electron chi connectivity index (χ1n) is 7.60.